The number of hydrogen-bond acceptors (Lipinski definition) is 4. The highest BCUT2D eigenvalue weighted by Crippen LogP contribution is 2.35. The summed E-state index contributed by atoms with van der Waals surface area (Å²) in [5, 5.41) is 5.82. The molecule has 1 heterocycles. The quantitative estimate of drug-likeness (QED) is 0.379. The molecule has 0 unspecified atom stereocenters. The predicted octanol–water partition coefficient (Wildman–Crippen LogP) is 5.59. The van der Waals surface area contributed by atoms with Crippen LogP contribution in [-0.4, -0.2) is 25.3 Å². The second kappa shape index (κ2) is 8.75. The number of amides is 1. The average Bonchev–Trinajstić information content (AvgIpc) is 2.96. The first kappa shape index (κ1) is 20.4. The van der Waals surface area contributed by atoms with Crippen molar-refractivity contribution in [2.75, 3.05) is 18.7 Å². The lowest BCUT2D eigenvalue weighted by Gasteiger charge is -2.13. The van der Waals surface area contributed by atoms with Crippen LogP contribution in [0.1, 0.15) is 12.5 Å². The van der Waals surface area contributed by atoms with Crippen LogP contribution in [0.3, 0.4) is 0 Å². The maximum atomic E-state index is 13.0. The summed E-state index contributed by atoms with van der Waals surface area (Å²) in [6.07, 6.45) is 3.46. The van der Waals surface area contributed by atoms with E-state index in [0.717, 1.165) is 14.5 Å². The second-order valence-corrected chi connectivity index (χ2v) is 7.73. The molecule has 0 aromatic heterocycles. The standard InChI is InChI=1S/C21H18Br2N2O3/c1-4-8-28-20-12-18(23)14(10-19(20)27-3)9-17-13(2)24-25(21(17)26)16-7-5-6-15(22)11-16/h4-7,9-12H,1,8H2,2-3H3. The van der Waals surface area contributed by atoms with Gasteiger partial charge in [-0.25, -0.2) is 0 Å². The number of hydrogen-bond donors (Lipinski definition) is 0. The Hall–Kier alpha value is -2.38. The number of carbonyl (C=O) groups excluding carboxylic acids is 1. The van der Waals surface area contributed by atoms with Gasteiger partial charge in [0.15, 0.2) is 11.5 Å². The van der Waals surface area contributed by atoms with Crippen molar-refractivity contribution in [3.05, 3.63) is 69.1 Å². The third kappa shape index (κ3) is 4.20. The van der Waals surface area contributed by atoms with Crippen LogP contribution >= 0.6 is 31.9 Å². The van der Waals surface area contributed by atoms with Gasteiger partial charge in [0.25, 0.3) is 5.91 Å². The Labute approximate surface area is 180 Å². The van der Waals surface area contributed by atoms with Gasteiger partial charge in [0.1, 0.15) is 6.61 Å². The Morgan fingerprint density at radius 1 is 1.21 bits per heavy atom. The van der Waals surface area contributed by atoms with Crippen molar-refractivity contribution < 1.29 is 14.3 Å². The lowest BCUT2D eigenvalue weighted by molar-refractivity contribution is -0.114. The first-order valence-electron chi connectivity index (χ1n) is 8.43. The Balaban J connectivity index is 1.96. The van der Waals surface area contributed by atoms with E-state index in [1.807, 2.05) is 43.3 Å². The van der Waals surface area contributed by atoms with Crippen molar-refractivity contribution in [3.63, 3.8) is 0 Å². The molecule has 0 spiro atoms. The van der Waals surface area contributed by atoms with Crippen LogP contribution in [0.2, 0.25) is 0 Å². The van der Waals surface area contributed by atoms with Crippen LogP contribution < -0.4 is 14.5 Å². The van der Waals surface area contributed by atoms with Crippen molar-refractivity contribution in [2.45, 2.75) is 6.92 Å². The lowest BCUT2D eigenvalue weighted by Crippen LogP contribution is -2.21. The zero-order chi connectivity index (χ0) is 20.3. The van der Waals surface area contributed by atoms with Crippen LogP contribution in [0.15, 0.2) is 68.7 Å². The van der Waals surface area contributed by atoms with Crippen molar-refractivity contribution in [3.8, 4) is 11.5 Å². The molecule has 1 amide bonds. The zero-order valence-corrected chi connectivity index (χ0v) is 18.6. The molecule has 28 heavy (non-hydrogen) atoms. The van der Waals surface area contributed by atoms with Crippen molar-refractivity contribution in [1.82, 2.24) is 0 Å². The summed E-state index contributed by atoms with van der Waals surface area (Å²) in [6.45, 7) is 5.83. The fraction of sp³-hybridized carbons (Fsp3) is 0.143. The van der Waals surface area contributed by atoms with Gasteiger partial charge in [0.2, 0.25) is 0 Å². The molecule has 1 aliphatic heterocycles. The van der Waals surface area contributed by atoms with Gasteiger partial charge in [-0.2, -0.15) is 10.1 Å². The molecule has 7 heteroatoms. The summed E-state index contributed by atoms with van der Waals surface area (Å²) in [7, 11) is 1.57. The number of ether oxygens (including phenoxy) is 2. The molecule has 2 aromatic rings. The van der Waals surface area contributed by atoms with Crippen molar-refractivity contribution in [1.29, 1.82) is 0 Å². The molecule has 3 rings (SSSR count). The third-order valence-electron chi connectivity index (χ3n) is 4.05. The monoisotopic (exact) mass is 504 g/mol. The Morgan fingerprint density at radius 2 is 2.00 bits per heavy atom. The minimum Gasteiger partial charge on any atom is -0.493 e. The Morgan fingerprint density at radius 3 is 2.68 bits per heavy atom. The fourth-order valence-corrected chi connectivity index (χ4v) is 3.53. The maximum absolute atomic E-state index is 13.0. The van der Waals surface area contributed by atoms with Crippen LogP contribution in [0.4, 0.5) is 5.69 Å². The summed E-state index contributed by atoms with van der Waals surface area (Å²) < 4.78 is 12.7. The number of methoxy groups -OCH3 is 1. The van der Waals surface area contributed by atoms with Crippen molar-refractivity contribution >= 4 is 55.2 Å². The van der Waals surface area contributed by atoms with Gasteiger partial charge in [0, 0.05) is 8.95 Å². The van der Waals surface area contributed by atoms with E-state index in [4.69, 9.17) is 9.47 Å². The van der Waals surface area contributed by atoms with E-state index in [0.29, 0.717) is 35.1 Å². The third-order valence-corrected chi connectivity index (χ3v) is 5.23. The Bertz CT molecular complexity index is 999. The molecule has 0 radical (unpaired) electrons. The van der Waals surface area contributed by atoms with Crippen LogP contribution in [-0.2, 0) is 4.79 Å². The number of nitrogens with zero attached hydrogens (tertiary/aromatic N) is 2. The smallest absolute Gasteiger partial charge is 0.280 e. The molecular formula is C21H18Br2N2O3. The minimum absolute atomic E-state index is 0.187. The lowest BCUT2D eigenvalue weighted by atomic mass is 10.1. The molecule has 5 nitrogen and oxygen atoms in total. The SMILES string of the molecule is C=CCOc1cc(Br)c(C=C2C(=O)N(c3cccc(Br)c3)N=C2C)cc1OC. The van der Waals surface area contributed by atoms with Gasteiger partial charge < -0.3 is 9.47 Å². The topological polar surface area (TPSA) is 51.1 Å². The zero-order valence-electron chi connectivity index (χ0n) is 15.4. The summed E-state index contributed by atoms with van der Waals surface area (Å²) in [4.78, 5) is 13.0. The van der Waals surface area contributed by atoms with Gasteiger partial charge >= 0.3 is 0 Å². The van der Waals surface area contributed by atoms with E-state index < -0.39 is 0 Å². The number of rotatable bonds is 6. The summed E-state index contributed by atoms with van der Waals surface area (Å²) in [6, 6.07) is 11.1. The summed E-state index contributed by atoms with van der Waals surface area (Å²) >= 11 is 6.97. The Kier molecular flexibility index (Phi) is 6.36. The number of halogens is 2. The molecule has 144 valence electrons. The highest BCUT2D eigenvalue weighted by Gasteiger charge is 2.29. The van der Waals surface area contributed by atoms with Gasteiger partial charge in [-0.3, -0.25) is 4.79 Å². The highest BCUT2D eigenvalue weighted by atomic mass is 79.9. The maximum Gasteiger partial charge on any atom is 0.280 e. The van der Waals surface area contributed by atoms with Crippen LogP contribution in [0.5, 0.6) is 11.5 Å². The largest absolute Gasteiger partial charge is 0.493 e. The first-order valence-corrected chi connectivity index (χ1v) is 10.0. The van der Waals surface area contributed by atoms with E-state index in [1.54, 1.807) is 19.3 Å². The molecule has 0 atom stereocenters. The molecule has 0 saturated heterocycles. The van der Waals surface area contributed by atoms with Gasteiger partial charge in [-0.05, 0) is 48.9 Å². The number of hydrazone groups is 1. The molecule has 0 N–H and O–H groups in total. The fourth-order valence-electron chi connectivity index (χ4n) is 2.71. The van der Waals surface area contributed by atoms with Gasteiger partial charge in [-0.1, -0.05) is 50.6 Å². The van der Waals surface area contributed by atoms with E-state index in [1.165, 1.54) is 5.01 Å². The molecule has 0 aliphatic carbocycles. The number of anilines is 1. The normalized spacial score (nSPS) is 15.0. The molecule has 2 aromatic carbocycles. The van der Waals surface area contributed by atoms with E-state index in [9.17, 15) is 4.79 Å². The minimum atomic E-state index is -0.187. The van der Waals surface area contributed by atoms with E-state index >= 15 is 0 Å². The molecule has 0 saturated carbocycles. The molecular weight excluding hydrogens is 488 g/mol. The van der Waals surface area contributed by atoms with E-state index in [-0.39, 0.29) is 5.91 Å². The number of benzene rings is 2. The molecule has 0 fully saturated rings. The summed E-state index contributed by atoms with van der Waals surface area (Å²) in [5.74, 6) is 0.976. The molecule has 0 bridgehead atoms. The average molecular weight is 506 g/mol. The van der Waals surface area contributed by atoms with Gasteiger partial charge in [0.05, 0.1) is 24.1 Å². The van der Waals surface area contributed by atoms with Crippen LogP contribution in [0.25, 0.3) is 6.08 Å². The van der Waals surface area contributed by atoms with Crippen molar-refractivity contribution in [2.24, 2.45) is 5.10 Å². The first-order chi connectivity index (χ1) is 13.4. The van der Waals surface area contributed by atoms with Crippen LogP contribution in [0, 0.1) is 0 Å². The highest BCUT2D eigenvalue weighted by molar-refractivity contribution is 9.10. The summed E-state index contributed by atoms with van der Waals surface area (Å²) in [5.41, 5.74) is 2.65. The molecule has 1 aliphatic rings. The second-order valence-electron chi connectivity index (χ2n) is 5.96. The number of carbonyl (C=O) groups is 1. The van der Waals surface area contributed by atoms with Gasteiger partial charge in [-0.15, -0.1) is 0 Å². The predicted molar refractivity (Wildman–Crippen MR) is 119 cm³/mol. The van der Waals surface area contributed by atoms with E-state index in [2.05, 4.69) is 43.5 Å².